The van der Waals surface area contributed by atoms with E-state index in [1.165, 1.54) is 6.08 Å². The van der Waals surface area contributed by atoms with E-state index >= 15 is 0 Å². The second-order valence-corrected chi connectivity index (χ2v) is 3.04. The Morgan fingerprint density at radius 1 is 1.21 bits per heavy atom. The van der Waals surface area contributed by atoms with Crippen LogP contribution in [0.2, 0.25) is 0 Å². The van der Waals surface area contributed by atoms with E-state index < -0.39 is 0 Å². The lowest BCUT2D eigenvalue weighted by atomic mass is 10.1. The molecular formula is C11H18O3. The Bertz CT molecular complexity index is 197. The highest BCUT2D eigenvalue weighted by Gasteiger charge is 2.01. The quantitative estimate of drug-likeness (QED) is 0.341. The average Bonchev–Trinajstić information content (AvgIpc) is 2.17. The van der Waals surface area contributed by atoms with Crippen molar-refractivity contribution in [1.82, 2.24) is 0 Å². The van der Waals surface area contributed by atoms with Crippen molar-refractivity contribution in [2.24, 2.45) is 0 Å². The van der Waals surface area contributed by atoms with Gasteiger partial charge in [-0.05, 0) is 25.8 Å². The molecule has 14 heavy (non-hydrogen) atoms. The Morgan fingerprint density at radius 3 is 2.43 bits per heavy atom. The highest BCUT2D eigenvalue weighted by molar-refractivity contribution is 5.88. The van der Waals surface area contributed by atoms with Crippen LogP contribution in [0.4, 0.5) is 0 Å². The Kier molecular flexibility index (Phi) is 7.80. The number of unbranched alkanes of at least 4 members (excludes halogenated alkanes) is 2. The lowest BCUT2D eigenvalue weighted by molar-refractivity contribution is -0.143. The second kappa shape index (κ2) is 8.48. The lowest BCUT2D eigenvalue weighted by Gasteiger charge is -2.00. The molecule has 0 atom stereocenters. The van der Waals surface area contributed by atoms with Crippen molar-refractivity contribution in [1.29, 1.82) is 0 Å². The largest absolute Gasteiger partial charge is 0.466 e. The van der Waals surface area contributed by atoms with E-state index in [4.69, 9.17) is 4.74 Å². The Morgan fingerprint density at radius 2 is 1.86 bits per heavy atom. The molecule has 0 rings (SSSR count). The molecule has 0 aromatic carbocycles. The van der Waals surface area contributed by atoms with Crippen LogP contribution < -0.4 is 0 Å². The van der Waals surface area contributed by atoms with Crippen molar-refractivity contribution < 1.29 is 14.3 Å². The average molecular weight is 198 g/mol. The first-order valence-corrected chi connectivity index (χ1v) is 5.01. The van der Waals surface area contributed by atoms with Crippen molar-refractivity contribution in [3.8, 4) is 0 Å². The van der Waals surface area contributed by atoms with Crippen LogP contribution >= 0.6 is 0 Å². The molecule has 0 aliphatic rings. The summed E-state index contributed by atoms with van der Waals surface area (Å²) in [5.74, 6) is -0.0799. The molecule has 0 N–H and O–H groups in total. The molecule has 0 heterocycles. The van der Waals surface area contributed by atoms with E-state index in [2.05, 4.69) is 6.58 Å². The van der Waals surface area contributed by atoms with Gasteiger partial charge in [0, 0.05) is 12.8 Å². The summed E-state index contributed by atoms with van der Waals surface area (Å²) in [5, 5.41) is 0. The number of rotatable bonds is 8. The van der Waals surface area contributed by atoms with Crippen molar-refractivity contribution in [3.63, 3.8) is 0 Å². The number of ether oxygens (including phenoxy) is 1. The minimum atomic E-state index is -0.150. The summed E-state index contributed by atoms with van der Waals surface area (Å²) in [6.07, 6.45) is 4.83. The van der Waals surface area contributed by atoms with Crippen LogP contribution in [0, 0.1) is 0 Å². The summed E-state index contributed by atoms with van der Waals surface area (Å²) in [6, 6.07) is 0. The zero-order valence-corrected chi connectivity index (χ0v) is 8.75. The summed E-state index contributed by atoms with van der Waals surface area (Å²) in [7, 11) is 0. The van der Waals surface area contributed by atoms with Gasteiger partial charge in [0.15, 0.2) is 5.78 Å². The molecule has 0 aromatic heterocycles. The molecule has 0 saturated heterocycles. The van der Waals surface area contributed by atoms with Gasteiger partial charge in [-0.2, -0.15) is 0 Å². The van der Waals surface area contributed by atoms with Crippen LogP contribution in [-0.4, -0.2) is 18.4 Å². The summed E-state index contributed by atoms with van der Waals surface area (Å²) in [4.78, 5) is 21.7. The fourth-order valence-electron chi connectivity index (χ4n) is 1.08. The second-order valence-electron chi connectivity index (χ2n) is 3.04. The van der Waals surface area contributed by atoms with Gasteiger partial charge in [-0.1, -0.05) is 13.0 Å². The third-order valence-corrected chi connectivity index (χ3v) is 1.84. The van der Waals surface area contributed by atoms with E-state index in [0.29, 0.717) is 19.4 Å². The fourth-order valence-corrected chi connectivity index (χ4v) is 1.08. The number of hydrogen-bond donors (Lipinski definition) is 0. The van der Waals surface area contributed by atoms with Gasteiger partial charge in [-0.3, -0.25) is 9.59 Å². The number of carbonyl (C=O) groups excluding carboxylic acids is 2. The standard InChI is InChI=1S/C11H18O3/c1-3-10(12)8-6-5-7-9-11(13)14-4-2/h3H,1,4-9H2,2H3. The van der Waals surface area contributed by atoms with Crippen molar-refractivity contribution in [2.75, 3.05) is 6.61 Å². The molecule has 0 spiro atoms. The van der Waals surface area contributed by atoms with Gasteiger partial charge < -0.3 is 4.74 Å². The smallest absolute Gasteiger partial charge is 0.305 e. The summed E-state index contributed by atoms with van der Waals surface area (Å²) in [6.45, 7) is 5.62. The molecule has 0 amide bonds. The topological polar surface area (TPSA) is 43.4 Å². The van der Waals surface area contributed by atoms with E-state index in [0.717, 1.165) is 19.3 Å². The van der Waals surface area contributed by atoms with Crippen molar-refractivity contribution in [3.05, 3.63) is 12.7 Å². The predicted octanol–water partition coefficient (Wildman–Crippen LogP) is 2.26. The van der Waals surface area contributed by atoms with E-state index in [1.54, 1.807) is 6.92 Å². The first-order valence-electron chi connectivity index (χ1n) is 5.01. The van der Waals surface area contributed by atoms with Crippen LogP contribution in [-0.2, 0) is 14.3 Å². The van der Waals surface area contributed by atoms with Gasteiger partial charge in [0.05, 0.1) is 6.61 Å². The number of hydrogen-bond acceptors (Lipinski definition) is 3. The molecule has 0 bridgehead atoms. The summed E-state index contributed by atoms with van der Waals surface area (Å²) >= 11 is 0. The fraction of sp³-hybridized carbons (Fsp3) is 0.636. The molecule has 3 nitrogen and oxygen atoms in total. The molecule has 0 unspecified atom stereocenters. The Balaban J connectivity index is 3.25. The first-order chi connectivity index (χ1) is 6.70. The van der Waals surface area contributed by atoms with Gasteiger partial charge in [-0.15, -0.1) is 0 Å². The van der Waals surface area contributed by atoms with E-state index in [1.807, 2.05) is 0 Å². The Hall–Kier alpha value is -1.12. The van der Waals surface area contributed by atoms with Gasteiger partial charge in [0.2, 0.25) is 0 Å². The van der Waals surface area contributed by atoms with Crippen molar-refractivity contribution >= 4 is 11.8 Å². The minimum Gasteiger partial charge on any atom is -0.466 e. The third-order valence-electron chi connectivity index (χ3n) is 1.84. The summed E-state index contributed by atoms with van der Waals surface area (Å²) < 4.78 is 4.77. The number of allylic oxidation sites excluding steroid dienone is 1. The van der Waals surface area contributed by atoms with Gasteiger partial charge >= 0.3 is 5.97 Å². The normalized spacial score (nSPS) is 9.50. The number of esters is 1. The molecule has 3 heteroatoms. The molecule has 0 saturated carbocycles. The van der Waals surface area contributed by atoms with Crippen LogP contribution in [0.5, 0.6) is 0 Å². The minimum absolute atomic E-state index is 0.0705. The molecular weight excluding hydrogens is 180 g/mol. The zero-order chi connectivity index (χ0) is 10.8. The molecule has 0 aliphatic heterocycles. The van der Waals surface area contributed by atoms with Crippen LogP contribution in [0.1, 0.15) is 39.0 Å². The molecule has 0 aliphatic carbocycles. The van der Waals surface area contributed by atoms with Crippen LogP contribution in [0.25, 0.3) is 0 Å². The maximum atomic E-state index is 10.9. The zero-order valence-electron chi connectivity index (χ0n) is 8.75. The van der Waals surface area contributed by atoms with Gasteiger partial charge in [0.25, 0.3) is 0 Å². The highest BCUT2D eigenvalue weighted by Crippen LogP contribution is 2.04. The number of ketones is 1. The van der Waals surface area contributed by atoms with E-state index in [-0.39, 0.29) is 11.8 Å². The predicted molar refractivity (Wildman–Crippen MR) is 54.9 cm³/mol. The molecule has 0 radical (unpaired) electrons. The first kappa shape index (κ1) is 12.9. The third kappa shape index (κ3) is 7.53. The van der Waals surface area contributed by atoms with Crippen LogP contribution in [0.15, 0.2) is 12.7 Å². The van der Waals surface area contributed by atoms with Gasteiger partial charge in [0.1, 0.15) is 0 Å². The Labute approximate surface area is 85.1 Å². The SMILES string of the molecule is C=CC(=O)CCCCCC(=O)OCC. The monoisotopic (exact) mass is 198 g/mol. The lowest BCUT2D eigenvalue weighted by Crippen LogP contribution is -2.03. The maximum Gasteiger partial charge on any atom is 0.305 e. The highest BCUT2D eigenvalue weighted by atomic mass is 16.5. The molecule has 80 valence electrons. The summed E-state index contributed by atoms with van der Waals surface area (Å²) in [5.41, 5.74) is 0. The van der Waals surface area contributed by atoms with Crippen LogP contribution in [0.3, 0.4) is 0 Å². The maximum absolute atomic E-state index is 10.9. The van der Waals surface area contributed by atoms with E-state index in [9.17, 15) is 9.59 Å². The number of carbonyl (C=O) groups is 2. The van der Waals surface area contributed by atoms with Gasteiger partial charge in [-0.25, -0.2) is 0 Å². The molecule has 0 fully saturated rings. The van der Waals surface area contributed by atoms with Crippen molar-refractivity contribution in [2.45, 2.75) is 39.0 Å². The molecule has 0 aromatic rings.